The average Bonchev–Trinajstić information content (AvgIpc) is 3.14. The smallest absolute Gasteiger partial charge is 0.319 e. The van der Waals surface area contributed by atoms with Crippen molar-refractivity contribution in [1.29, 1.82) is 0 Å². The molecule has 2 aromatic carbocycles. The van der Waals surface area contributed by atoms with Crippen molar-refractivity contribution in [1.82, 2.24) is 10.6 Å². The van der Waals surface area contributed by atoms with E-state index in [0.29, 0.717) is 17.2 Å². The predicted octanol–water partition coefficient (Wildman–Crippen LogP) is 3.44. The molecule has 1 aliphatic heterocycles. The molecule has 0 saturated carbocycles. The number of urea groups is 1. The van der Waals surface area contributed by atoms with Crippen molar-refractivity contribution < 1.29 is 19.1 Å². The zero-order valence-electron chi connectivity index (χ0n) is 16.2. The number of benzene rings is 2. The Morgan fingerprint density at radius 2 is 1.64 bits per heavy atom. The van der Waals surface area contributed by atoms with Crippen LogP contribution in [0.2, 0.25) is 0 Å². The van der Waals surface area contributed by atoms with Gasteiger partial charge in [0.2, 0.25) is 12.7 Å². The first-order chi connectivity index (χ1) is 13.4. The van der Waals surface area contributed by atoms with Gasteiger partial charge in [0, 0.05) is 5.69 Å². The van der Waals surface area contributed by atoms with Gasteiger partial charge in [-0.15, -0.1) is 0 Å². The summed E-state index contributed by atoms with van der Waals surface area (Å²) in [4.78, 5) is 25.1. The maximum Gasteiger partial charge on any atom is 0.319 e. The number of hydrogen-bond acceptors (Lipinski definition) is 4. The van der Waals surface area contributed by atoms with Crippen molar-refractivity contribution in [2.75, 3.05) is 12.1 Å². The first-order valence-corrected chi connectivity index (χ1v) is 9.26. The third kappa shape index (κ3) is 4.73. The second-order valence-electron chi connectivity index (χ2n) is 7.03. The van der Waals surface area contributed by atoms with Crippen LogP contribution in [0.3, 0.4) is 0 Å². The molecular weight excluding hydrogens is 358 g/mol. The van der Waals surface area contributed by atoms with Crippen LogP contribution in [0.15, 0.2) is 48.5 Å². The lowest BCUT2D eigenvalue weighted by Gasteiger charge is -2.24. The first-order valence-electron chi connectivity index (χ1n) is 9.26. The highest BCUT2D eigenvalue weighted by molar-refractivity contribution is 5.93. The molecule has 7 nitrogen and oxygen atoms in total. The van der Waals surface area contributed by atoms with Gasteiger partial charge in [-0.2, -0.15) is 0 Å². The Kier molecular flexibility index (Phi) is 6.03. The van der Waals surface area contributed by atoms with Crippen LogP contribution in [0.5, 0.6) is 11.5 Å². The summed E-state index contributed by atoms with van der Waals surface area (Å²) < 4.78 is 10.7. The topological polar surface area (TPSA) is 88.7 Å². The predicted molar refractivity (Wildman–Crippen MR) is 106 cm³/mol. The molecule has 2 atom stereocenters. The summed E-state index contributed by atoms with van der Waals surface area (Å²) >= 11 is 0. The standard InChI is InChI=1S/C21H25N3O4/c1-13(2)19(24-21(26)23-16-7-5-4-6-8-16)20(25)22-14(3)15-9-10-17-18(11-15)28-12-27-17/h4-11,13-14,19H,12H2,1-3H3,(H,22,25)(H2,23,24,26)/t14-,19+/m1/s1. The molecular formula is C21H25N3O4. The van der Waals surface area contributed by atoms with E-state index in [2.05, 4.69) is 16.0 Å². The molecule has 28 heavy (non-hydrogen) atoms. The van der Waals surface area contributed by atoms with E-state index in [1.165, 1.54) is 0 Å². The molecule has 0 bridgehead atoms. The largest absolute Gasteiger partial charge is 0.454 e. The fraction of sp³-hybridized carbons (Fsp3) is 0.333. The molecule has 3 rings (SSSR count). The normalized spacial score (nSPS) is 14.3. The van der Waals surface area contributed by atoms with Crippen LogP contribution in [-0.2, 0) is 4.79 Å². The average molecular weight is 383 g/mol. The Bertz CT molecular complexity index is 839. The number of nitrogens with one attached hydrogen (secondary N) is 3. The summed E-state index contributed by atoms with van der Waals surface area (Å²) in [6.45, 7) is 5.86. The Labute approximate surface area is 164 Å². The highest BCUT2D eigenvalue weighted by Crippen LogP contribution is 2.34. The summed E-state index contributed by atoms with van der Waals surface area (Å²) in [6.07, 6.45) is 0. The Morgan fingerprint density at radius 3 is 2.36 bits per heavy atom. The van der Waals surface area contributed by atoms with Crippen LogP contribution in [0.4, 0.5) is 10.5 Å². The summed E-state index contributed by atoms with van der Waals surface area (Å²) in [5, 5.41) is 8.45. The minimum Gasteiger partial charge on any atom is -0.454 e. The maximum atomic E-state index is 12.8. The van der Waals surface area contributed by atoms with E-state index in [-0.39, 0.29) is 24.7 Å². The summed E-state index contributed by atoms with van der Waals surface area (Å²) in [5.41, 5.74) is 1.56. The molecule has 1 heterocycles. The summed E-state index contributed by atoms with van der Waals surface area (Å²) in [7, 11) is 0. The van der Waals surface area contributed by atoms with Gasteiger partial charge >= 0.3 is 6.03 Å². The van der Waals surface area contributed by atoms with Crippen LogP contribution in [0.25, 0.3) is 0 Å². The van der Waals surface area contributed by atoms with Crippen molar-refractivity contribution in [3.8, 4) is 11.5 Å². The highest BCUT2D eigenvalue weighted by atomic mass is 16.7. The van der Waals surface area contributed by atoms with Gasteiger partial charge in [-0.05, 0) is 42.7 Å². The number of carbonyl (C=O) groups excluding carboxylic acids is 2. The van der Waals surface area contributed by atoms with Crippen LogP contribution < -0.4 is 25.4 Å². The molecule has 0 aliphatic carbocycles. The third-order valence-corrected chi connectivity index (χ3v) is 4.52. The second kappa shape index (κ2) is 8.65. The lowest BCUT2D eigenvalue weighted by Crippen LogP contribution is -2.51. The van der Waals surface area contributed by atoms with Crippen LogP contribution >= 0.6 is 0 Å². The molecule has 3 N–H and O–H groups in total. The number of rotatable bonds is 6. The number of fused-ring (bicyclic) bond motifs is 1. The highest BCUT2D eigenvalue weighted by Gasteiger charge is 2.26. The molecule has 7 heteroatoms. The third-order valence-electron chi connectivity index (χ3n) is 4.52. The molecule has 3 amide bonds. The SMILES string of the molecule is CC(C)[C@H](NC(=O)Nc1ccccc1)C(=O)N[C@H](C)c1ccc2c(c1)OCO2. The number of para-hydroxylation sites is 1. The molecule has 1 aliphatic rings. The quantitative estimate of drug-likeness (QED) is 0.713. The zero-order chi connectivity index (χ0) is 20.1. The summed E-state index contributed by atoms with van der Waals surface area (Å²) in [6, 6.07) is 13.3. The monoisotopic (exact) mass is 383 g/mol. The fourth-order valence-corrected chi connectivity index (χ4v) is 2.93. The first kappa shape index (κ1) is 19.5. The van der Waals surface area contributed by atoms with Gasteiger partial charge in [-0.3, -0.25) is 4.79 Å². The molecule has 2 aromatic rings. The Morgan fingerprint density at radius 1 is 0.929 bits per heavy atom. The van der Waals surface area contributed by atoms with Crippen molar-refractivity contribution >= 4 is 17.6 Å². The van der Waals surface area contributed by atoms with Gasteiger partial charge in [-0.25, -0.2) is 4.79 Å². The van der Waals surface area contributed by atoms with E-state index >= 15 is 0 Å². The molecule has 0 spiro atoms. The van der Waals surface area contributed by atoms with E-state index in [1.807, 2.05) is 57.2 Å². The lowest BCUT2D eigenvalue weighted by molar-refractivity contribution is -0.124. The zero-order valence-corrected chi connectivity index (χ0v) is 16.2. The van der Waals surface area contributed by atoms with E-state index in [1.54, 1.807) is 12.1 Å². The maximum absolute atomic E-state index is 12.8. The Balaban J connectivity index is 1.61. The number of anilines is 1. The van der Waals surface area contributed by atoms with Crippen molar-refractivity contribution in [3.63, 3.8) is 0 Å². The molecule has 0 unspecified atom stereocenters. The number of ether oxygens (including phenoxy) is 2. The van der Waals surface area contributed by atoms with Crippen LogP contribution in [-0.4, -0.2) is 24.8 Å². The van der Waals surface area contributed by atoms with Gasteiger partial charge < -0.3 is 25.4 Å². The van der Waals surface area contributed by atoms with Crippen LogP contribution in [0, 0.1) is 5.92 Å². The van der Waals surface area contributed by atoms with Gasteiger partial charge in [0.25, 0.3) is 0 Å². The molecule has 0 fully saturated rings. The van der Waals surface area contributed by atoms with E-state index in [9.17, 15) is 9.59 Å². The Hall–Kier alpha value is -3.22. The number of carbonyl (C=O) groups is 2. The summed E-state index contributed by atoms with van der Waals surface area (Å²) in [5.74, 6) is 1.04. The van der Waals surface area contributed by atoms with E-state index in [4.69, 9.17) is 9.47 Å². The molecule has 148 valence electrons. The minimum absolute atomic E-state index is 0.0783. The molecule has 0 radical (unpaired) electrons. The second-order valence-corrected chi connectivity index (χ2v) is 7.03. The lowest BCUT2D eigenvalue weighted by atomic mass is 10.0. The van der Waals surface area contributed by atoms with Gasteiger partial charge in [0.05, 0.1) is 6.04 Å². The van der Waals surface area contributed by atoms with Gasteiger partial charge in [0.1, 0.15) is 6.04 Å². The molecule has 0 saturated heterocycles. The minimum atomic E-state index is -0.667. The number of amides is 3. The fourth-order valence-electron chi connectivity index (χ4n) is 2.93. The van der Waals surface area contributed by atoms with Gasteiger partial charge in [0.15, 0.2) is 11.5 Å². The number of hydrogen-bond donors (Lipinski definition) is 3. The van der Waals surface area contributed by atoms with Crippen LogP contribution in [0.1, 0.15) is 32.4 Å². The van der Waals surface area contributed by atoms with Crippen molar-refractivity contribution in [2.24, 2.45) is 5.92 Å². The van der Waals surface area contributed by atoms with E-state index in [0.717, 1.165) is 5.56 Å². The molecule has 0 aromatic heterocycles. The van der Waals surface area contributed by atoms with Crippen molar-refractivity contribution in [2.45, 2.75) is 32.9 Å². The van der Waals surface area contributed by atoms with Gasteiger partial charge in [-0.1, -0.05) is 38.1 Å². The van der Waals surface area contributed by atoms with Crippen molar-refractivity contribution in [3.05, 3.63) is 54.1 Å². The van der Waals surface area contributed by atoms with E-state index < -0.39 is 12.1 Å².